The highest BCUT2D eigenvalue weighted by atomic mass is 35.5. The maximum absolute atomic E-state index is 13.0. The van der Waals surface area contributed by atoms with Crippen molar-refractivity contribution in [2.24, 2.45) is 0 Å². The van der Waals surface area contributed by atoms with Gasteiger partial charge in [-0.05, 0) is 25.0 Å². The van der Waals surface area contributed by atoms with E-state index < -0.39 is 33.7 Å². The smallest absolute Gasteiger partial charge is 0.366 e. The van der Waals surface area contributed by atoms with Gasteiger partial charge in [0.05, 0.1) is 11.6 Å². The van der Waals surface area contributed by atoms with Gasteiger partial charge < -0.3 is 10.1 Å². The second-order valence-electron chi connectivity index (χ2n) is 6.22. The topological polar surface area (TPSA) is 75.7 Å². The molecule has 1 atom stereocenters. The number of nitrogens with one attached hydrogen (secondary N) is 1. The lowest BCUT2D eigenvalue weighted by Gasteiger charge is -2.32. The van der Waals surface area contributed by atoms with E-state index in [4.69, 9.17) is 16.3 Å². The molecule has 0 bridgehead atoms. The number of halogens is 4. The SMILES string of the molecule is O=C(NC1(C(F)(F)F)CC1)[C@H]1CN(S(=O)(=O)c2ccccc2Cl)CCO1. The highest BCUT2D eigenvalue weighted by Crippen LogP contribution is 2.49. The van der Waals surface area contributed by atoms with Crippen LogP contribution >= 0.6 is 11.6 Å². The zero-order valence-electron chi connectivity index (χ0n) is 13.4. The summed E-state index contributed by atoms with van der Waals surface area (Å²) in [6.07, 6.45) is -6.27. The third kappa shape index (κ3) is 3.55. The molecule has 1 N–H and O–H groups in total. The minimum absolute atomic E-state index is 0.0222. The number of benzene rings is 1. The van der Waals surface area contributed by atoms with Crippen LogP contribution in [0.5, 0.6) is 0 Å². The van der Waals surface area contributed by atoms with Gasteiger partial charge in [-0.25, -0.2) is 8.42 Å². The molecule has 1 heterocycles. The lowest BCUT2D eigenvalue weighted by Crippen LogP contribution is -2.56. The minimum Gasteiger partial charge on any atom is -0.366 e. The second kappa shape index (κ2) is 6.66. The summed E-state index contributed by atoms with van der Waals surface area (Å²) in [4.78, 5) is 12.1. The molecular formula is C15H16ClF3N2O4S. The molecule has 1 amide bonds. The molecule has 11 heteroatoms. The number of nitrogens with zero attached hydrogens (tertiary/aromatic N) is 1. The van der Waals surface area contributed by atoms with Crippen LogP contribution in [0.15, 0.2) is 29.2 Å². The zero-order valence-corrected chi connectivity index (χ0v) is 15.0. The molecule has 0 unspecified atom stereocenters. The number of amides is 1. The van der Waals surface area contributed by atoms with Crippen molar-refractivity contribution in [2.75, 3.05) is 19.7 Å². The molecular weight excluding hydrogens is 397 g/mol. The summed E-state index contributed by atoms with van der Waals surface area (Å²) >= 11 is 5.93. The first-order chi connectivity index (χ1) is 12.1. The number of rotatable bonds is 4. The summed E-state index contributed by atoms with van der Waals surface area (Å²) < 4.78 is 70.5. The first kappa shape index (κ1) is 19.4. The molecule has 0 spiro atoms. The Hall–Kier alpha value is -1.36. The number of morpholine rings is 1. The Morgan fingerprint density at radius 3 is 2.54 bits per heavy atom. The highest BCUT2D eigenvalue weighted by Gasteiger charge is 2.64. The molecule has 26 heavy (non-hydrogen) atoms. The molecule has 3 rings (SSSR count). The second-order valence-corrected chi connectivity index (χ2v) is 8.54. The van der Waals surface area contributed by atoms with Crippen LogP contribution in [0.1, 0.15) is 12.8 Å². The van der Waals surface area contributed by atoms with E-state index in [1.165, 1.54) is 18.2 Å². The summed E-state index contributed by atoms with van der Waals surface area (Å²) in [7, 11) is -4.00. The summed E-state index contributed by atoms with van der Waals surface area (Å²) in [5, 5.41) is 1.99. The van der Waals surface area contributed by atoms with E-state index in [-0.39, 0.29) is 42.5 Å². The molecule has 1 aromatic carbocycles. The van der Waals surface area contributed by atoms with Crippen molar-refractivity contribution < 1.29 is 31.1 Å². The fourth-order valence-electron chi connectivity index (χ4n) is 2.72. The maximum Gasteiger partial charge on any atom is 0.411 e. The van der Waals surface area contributed by atoms with Crippen molar-refractivity contribution in [3.8, 4) is 0 Å². The third-order valence-corrected chi connectivity index (χ3v) is 6.80. The van der Waals surface area contributed by atoms with Gasteiger partial charge in [0.25, 0.3) is 5.91 Å². The third-order valence-electron chi connectivity index (χ3n) is 4.43. The fraction of sp³-hybridized carbons (Fsp3) is 0.533. The summed E-state index contributed by atoms with van der Waals surface area (Å²) in [6.45, 7) is -0.518. The molecule has 144 valence electrons. The Morgan fingerprint density at radius 1 is 1.31 bits per heavy atom. The first-order valence-electron chi connectivity index (χ1n) is 7.82. The van der Waals surface area contributed by atoms with E-state index in [2.05, 4.69) is 0 Å². The van der Waals surface area contributed by atoms with E-state index in [1.54, 1.807) is 6.07 Å². The van der Waals surface area contributed by atoms with Crippen molar-refractivity contribution in [3.05, 3.63) is 29.3 Å². The Labute approximate surface area is 153 Å². The predicted molar refractivity (Wildman–Crippen MR) is 86.1 cm³/mol. The number of sulfonamides is 1. The molecule has 2 fully saturated rings. The Balaban J connectivity index is 1.74. The van der Waals surface area contributed by atoms with Crippen LogP contribution in [-0.4, -0.2) is 56.1 Å². The van der Waals surface area contributed by atoms with Gasteiger partial charge >= 0.3 is 6.18 Å². The molecule has 0 radical (unpaired) electrons. The Bertz CT molecular complexity index is 811. The zero-order chi connectivity index (χ0) is 19.2. The lowest BCUT2D eigenvalue weighted by atomic mass is 10.2. The van der Waals surface area contributed by atoms with Gasteiger partial charge in [-0.2, -0.15) is 17.5 Å². The molecule has 1 saturated carbocycles. The number of hydrogen-bond donors (Lipinski definition) is 1. The largest absolute Gasteiger partial charge is 0.411 e. The van der Waals surface area contributed by atoms with E-state index in [0.29, 0.717) is 0 Å². The van der Waals surface area contributed by atoms with Crippen molar-refractivity contribution in [2.45, 2.75) is 35.6 Å². The van der Waals surface area contributed by atoms with E-state index in [0.717, 1.165) is 4.31 Å². The molecule has 1 aliphatic heterocycles. The van der Waals surface area contributed by atoms with Gasteiger partial charge in [0.2, 0.25) is 10.0 Å². The molecule has 0 aromatic heterocycles. The van der Waals surface area contributed by atoms with Crippen LogP contribution < -0.4 is 5.32 Å². The van der Waals surface area contributed by atoms with Crippen LogP contribution in [-0.2, 0) is 19.6 Å². The van der Waals surface area contributed by atoms with Crippen molar-refractivity contribution in [3.63, 3.8) is 0 Å². The molecule has 1 aliphatic carbocycles. The van der Waals surface area contributed by atoms with Gasteiger partial charge in [0.1, 0.15) is 16.5 Å². The lowest BCUT2D eigenvalue weighted by molar-refractivity contribution is -0.174. The van der Waals surface area contributed by atoms with E-state index >= 15 is 0 Å². The predicted octanol–water partition coefficient (Wildman–Crippen LogP) is 1.94. The van der Waals surface area contributed by atoms with Crippen LogP contribution in [0.25, 0.3) is 0 Å². The van der Waals surface area contributed by atoms with Crippen LogP contribution in [0.2, 0.25) is 5.02 Å². The summed E-state index contributed by atoms with van der Waals surface area (Å²) in [6, 6.07) is 5.82. The Morgan fingerprint density at radius 2 is 1.96 bits per heavy atom. The van der Waals surface area contributed by atoms with Crippen LogP contribution in [0.3, 0.4) is 0 Å². The summed E-state index contributed by atoms with van der Waals surface area (Å²) in [5.41, 5.74) is -2.22. The highest BCUT2D eigenvalue weighted by molar-refractivity contribution is 7.89. The van der Waals surface area contributed by atoms with Gasteiger partial charge in [0.15, 0.2) is 0 Å². The number of hydrogen-bond acceptors (Lipinski definition) is 4. The minimum atomic E-state index is -4.55. The molecule has 1 aromatic rings. The number of ether oxygens (including phenoxy) is 1. The van der Waals surface area contributed by atoms with Gasteiger partial charge in [-0.15, -0.1) is 0 Å². The quantitative estimate of drug-likeness (QED) is 0.820. The average Bonchev–Trinajstić information content (AvgIpc) is 3.36. The average molecular weight is 413 g/mol. The van der Waals surface area contributed by atoms with Crippen LogP contribution in [0, 0.1) is 0 Å². The number of alkyl halides is 3. The first-order valence-corrected chi connectivity index (χ1v) is 9.64. The molecule has 2 aliphatic rings. The number of carbonyl (C=O) groups excluding carboxylic acids is 1. The molecule has 1 saturated heterocycles. The van der Waals surface area contributed by atoms with E-state index in [9.17, 15) is 26.4 Å². The monoisotopic (exact) mass is 412 g/mol. The maximum atomic E-state index is 13.0. The van der Waals surface area contributed by atoms with E-state index in [1.807, 2.05) is 5.32 Å². The Kier molecular flexibility index (Phi) is 4.97. The number of carbonyl (C=O) groups is 1. The normalized spacial score (nSPS) is 23.5. The fourth-order valence-corrected chi connectivity index (χ4v) is 4.63. The van der Waals surface area contributed by atoms with Crippen molar-refractivity contribution in [1.82, 2.24) is 9.62 Å². The van der Waals surface area contributed by atoms with Crippen molar-refractivity contribution >= 4 is 27.5 Å². The van der Waals surface area contributed by atoms with Crippen molar-refractivity contribution in [1.29, 1.82) is 0 Å². The van der Waals surface area contributed by atoms with Gasteiger partial charge in [-0.1, -0.05) is 23.7 Å². The van der Waals surface area contributed by atoms with Crippen LogP contribution in [0.4, 0.5) is 13.2 Å². The molecule has 6 nitrogen and oxygen atoms in total. The summed E-state index contributed by atoms with van der Waals surface area (Å²) in [5.74, 6) is -0.973. The standard InChI is InChI=1S/C15H16ClF3N2O4S/c16-10-3-1-2-4-12(10)26(23,24)21-7-8-25-11(9-21)13(22)20-14(5-6-14)15(17,18)19/h1-4,11H,5-9H2,(H,20,22)/t11-/m1/s1. The van der Waals surface area contributed by atoms with Gasteiger partial charge in [-0.3, -0.25) is 4.79 Å². The van der Waals surface area contributed by atoms with Gasteiger partial charge in [0, 0.05) is 13.1 Å².